The van der Waals surface area contributed by atoms with Crippen LogP contribution in [0.1, 0.15) is 32.9 Å². The van der Waals surface area contributed by atoms with Gasteiger partial charge in [-0.3, -0.25) is 0 Å². The van der Waals surface area contributed by atoms with Gasteiger partial charge in [-0.1, -0.05) is 43.7 Å². The minimum absolute atomic E-state index is 0.0692. The first kappa shape index (κ1) is 14.9. The summed E-state index contributed by atoms with van der Waals surface area (Å²) in [4.78, 5) is 3.92. The van der Waals surface area contributed by atoms with Crippen LogP contribution in [0.25, 0.3) is 0 Å². The van der Waals surface area contributed by atoms with Gasteiger partial charge < -0.3 is 0 Å². The molecule has 0 aromatic carbocycles. The lowest BCUT2D eigenvalue weighted by Gasteiger charge is -2.20. The van der Waals surface area contributed by atoms with Crippen molar-refractivity contribution in [1.29, 1.82) is 0 Å². The lowest BCUT2D eigenvalue weighted by atomic mass is 10.0. The Bertz CT molecular complexity index is 482. The van der Waals surface area contributed by atoms with Crippen molar-refractivity contribution >= 4 is 33.0 Å². The molecule has 98 valence electrons. The molecule has 17 heavy (non-hydrogen) atoms. The molecule has 4 nitrogen and oxygen atoms in total. The monoisotopic (exact) mass is 296 g/mol. The second-order valence-corrected chi connectivity index (χ2v) is 7.71. The maximum absolute atomic E-state index is 12.1. The Morgan fingerprint density at radius 2 is 2.06 bits per heavy atom. The summed E-state index contributed by atoms with van der Waals surface area (Å²) < 4.78 is 27.4. The highest BCUT2D eigenvalue weighted by molar-refractivity contribution is 7.91. The van der Waals surface area contributed by atoms with E-state index in [-0.39, 0.29) is 20.6 Å². The molecule has 1 aromatic rings. The van der Waals surface area contributed by atoms with Crippen LogP contribution in [-0.2, 0) is 10.0 Å². The van der Waals surface area contributed by atoms with Crippen LogP contribution >= 0.6 is 22.9 Å². The third-order valence-corrected chi connectivity index (χ3v) is 5.88. The van der Waals surface area contributed by atoms with Crippen molar-refractivity contribution in [3.63, 3.8) is 0 Å². The summed E-state index contributed by atoms with van der Waals surface area (Å²) >= 11 is 6.71. The van der Waals surface area contributed by atoms with Crippen molar-refractivity contribution in [1.82, 2.24) is 9.71 Å². The van der Waals surface area contributed by atoms with Gasteiger partial charge in [-0.05, 0) is 19.3 Å². The number of hydrogen-bond donors (Lipinski definition) is 1. The van der Waals surface area contributed by atoms with E-state index >= 15 is 0 Å². The molecule has 0 bridgehead atoms. The fourth-order valence-corrected chi connectivity index (χ4v) is 4.77. The van der Waals surface area contributed by atoms with Gasteiger partial charge in [0, 0.05) is 6.04 Å². The highest BCUT2D eigenvalue weighted by atomic mass is 35.5. The molecule has 0 amide bonds. The van der Waals surface area contributed by atoms with Crippen LogP contribution in [0.5, 0.6) is 0 Å². The largest absolute Gasteiger partial charge is 0.252 e. The van der Waals surface area contributed by atoms with Gasteiger partial charge in [-0.2, -0.15) is 0 Å². The van der Waals surface area contributed by atoms with E-state index in [1.54, 1.807) is 6.92 Å². The average molecular weight is 297 g/mol. The van der Waals surface area contributed by atoms with E-state index in [2.05, 4.69) is 9.71 Å². The number of nitrogens with one attached hydrogen (secondary N) is 1. The first-order valence-electron chi connectivity index (χ1n) is 5.43. The molecule has 1 aromatic heterocycles. The Balaban J connectivity index is 3.00. The number of aryl methyl sites for hydroxylation is 1. The van der Waals surface area contributed by atoms with Gasteiger partial charge in [0.1, 0.15) is 0 Å². The van der Waals surface area contributed by atoms with Gasteiger partial charge in [0.15, 0.2) is 8.68 Å². The predicted molar refractivity (Wildman–Crippen MR) is 71.1 cm³/mol. The van der Waals surface area contributed by atoms with Crippen molar-refractivity contribution in [2.24, 2.45) is 5.92 Å². The maximum atomic E-state index is 12.1. The fraction of sp³-hybridized carbons (Fsp3) is 0.700. The smallest absolute Gasteiger partial charge is 0.229 e. The van der Waals surface area contributed by atoms with Crippen molar-refractivity contribution in [3.05, 3.63) is 10.2 Å². The molecule has 1 atom stereocenters. The van der Waals surface area contributed by atoms with E-state index in [1.807, 2.05) is 20.8 Å². The molecule has 1 heterocycles. The lowest BCUT2D eigenvalue weighted by molar-refractivity contribution is 0.437. The lowest BCUT2D eigenvalue weighted by Crippen LogP contribution is -2.37. The van der Waals surface area contributed by atoms with Gasteiger partial charge in [0.05, 0.1) is 5.69 Å². The minimum atomic E-state index is -3.50. The first-order chi connectivity index (χ1) is 7.77. The number of aromatic nitrogens is 1. The predicted octanol–water partition coefficient (Wildman–Crippen LogP) is 2.82. The number of halogens is 1. The highest BCUT2D eigenvalue weighted by Crippen LogP contribution is 2.27. The molecule has 0 fully saturated rings. The zero-order valence-corrected chi connectivity index (χ0v) is 12.7. The molecule has 0 radical (unpaired) electrons. The molecule has 0 aliphatic rings. The summed E-state index contributed by atoms with van der Waals surface area (Å²) in [7, 11) is -3.50. The van der Waals surface area contributed by atoms with E-state index in [9.17, 15) is 8.42 Å². The van der Waals surface area contributed by atoms with Gasteiger partial charge in [0.25, 0.3) is 10.0 Å². The van der Waals surface area contributed by atoms with Gasteiger partial charge in [-0.15, -0.1) is 0 Å². The molecule has 0 saturated carbocycles. The second-order valence-electron chi connectivity index (χ2n) is 4.22. The highest BCUT2D eigenvalue weighted by Gasteiger charge is 2.25. The average Bonchev–Trinajstić information content (AvgIpc) is 2.54. The van der Waals surface area contributed by atoms with E-state index in [4.69, 9.17) is 11.6 Å². The number of rotatable bonds is 5. The topological polar surface area (TPSA) is 59.1 Å². The van der Waals surface area contributed by atoms with Crippen LogP contribution in [-0.4, -0.2) is 19.4 Å². The van der Waals surface area contributed by atoms with Crippen molar-refractivity contribution in [2.45, 2.75) is 44.4 Å². The third kappa shape index (κ3) is 3.64. The number of nitrogens with zero attached hydrogens (tertiary/aromatic N) is 1. The van der Waals surface area contributed by atoms with E-state index in [1.165, 1.54) is 0 Å². The van der Waals surface area contributed by atoms with Crippen LogP contribution in [0.3, 0.4) is 0 Å². The Morgan fingerprint density at radius 3 is 2.41 bits per heavy atom. The SMILES string of the molecule is CCC(NS(=O)(=O)c1sc(Cl)nc1C)C(C)C. The van der Waals surface area contributed by atoms with Crippen molar-refractivity contribution in [3.8, 4) is 0 Å². The molecule has 0 spiro atoms. The van der Waals surface area contributed by atoms with E-state index in [0.717, 1.165) is 17.8 Å². The van der Waals surface area contributed by atoms with Crippen molar-refractivity contribution in [2.75, 3.05) is 0 Å². The molecule has 1 N–H and O–H groups in total. The molecular formula is C10H17ClN2O2S2. The summed E-state index contributed by atoms with van der Waals surface area (Å²) in [5.41, 5.74) is 0.450. The number of hydrogen-bond acceptors (Lipinski definition) is 4. The van der Waals surface area contributed by atoms with Crippen molar-refractivity contribution < 1.29 is 8.42 Å². The summed E-state index contributed by atoms with van der Waals surface area (Å²) in [5.74, 6) is 0.249. The summed E-state index contributed by atoms with van der Waals surface area (Å²) in [6, 6.07) is -0.0692. The quantitative estimate of drug-likeness (QED) is 0.909. The molecule has 0 aliphatic carbocycles. The van der Waals surface area contributed by atoms with E-state index in [0.29, 0.717) is 5.69 Å². The number of sulfonamides is 1. The van der Waals surface area contributed by atoms with Gasteiger partial charge in [-0.25, -0.2) is 18.1 Å². The van der Waals surface area contributed by atoms with Crippen LogP contribution < -0.4 is 4.72 Å². The summed E-state index contributed by atoms with van der Waals surface area (Å²) in [6.45, 7) is 7.58. The normalized spacial score (nSPS) is 14.2. The number of thiazole rings is 1. The third-order valence-electron chi connectivity index (χ3n) is 2.52. The molecule has 7 heteroatoms. The fourth-order valence-electron chi connectivity index (χ4n) is 1.54. The molecule has 0 saturated heterocycles. The molecule has 0 aliphatic heterocycles. The zero-order chi connectivity index (χ0) is 13.2. The second kappa shape index (κ2) is 5.65. The van der Waals surface area contributed by atoms with Gasteiger partial charge >= 0.3 is 0 Å². The van der Waals surface area contributed by atoms with Crippen LogP contribution in [0.2, 0.25) is 4.47 Å². The summed E-state index contributed by atoms with van der Waals surface area (Å²) in [6.07, 6.45) is 0.752. The Kier molecular flexibility index (Phi) is 4.95. The molecule has 1 unspecified atom stereocenters. The Labute approximate surface area is 111 Å². The van der Waals surface area contributed by atoms with Crippen LogP contribution in [0.4, 0.5) is 0 Å². The Morgan fingerprint density at radius 1 is 1.47 bits per heavy atom. The molecular weight excluding hydrogens is 280 g/mol. The van der Waals surface area contributed by atoms with Gasteiger partial charge in [0.2, 0.25) is 0 Å². The summed E-state index contributed by atoms with van der Waals surface area (Å²) in [5, 5.41) is 0. The van der Waals surface area contributed by atoms with Crippen LogP contribution in [0.15, 0.2) is 4.21 Å². The minimum Gasteiger partial charge on any atom is -0.229 e. The standard InChI is InChI=1S/C10H17ClN2O2S2/c1-5-8(6(2)3)13-17(14,15)9-7(4)12-10(11)16-9/h6,8,13H,5H2,1-4H3. The Hall–Kier alpha value is -0.170. The van der Waals surface area contributed by atoms with E-state index < -0.39 is 10.0 Å². The zero-order valence-electron chi connectivity index (χ0n) is 10.3. The molecule has 1 rings (SSSR count). The maximum Gasteiger partial charge on any atom is 0.252 e. The first-order valence-corrected chi connectivity index (χ1v) is 8.11. The van der Waals surface area contributed by atoms with Crippen LogP contribution in [0, 0.1) is 12.8 Å².